The van der Waals surface area contributed by atoms with E-state index in [0.29, 0.717) is 10.8 Å². The molecule has 0 fully saturated rings. The number of hydrogen-bond acceptors (Lipinski definition) is 6. The predicted molar refractivity (Wildman–Crippen MR) is 130 cm³/mol. The average molecular weight is 492 g/mol. The van der Waals surface area contributed by atoms with Crippen LogP contribution in [0.15, 0.2) is 88.6 Å². The number of rotatable bonds is 6. The first-order valence-electron chi connectivity index (χ1n) is 10.6. The number of fused-ring (bicyclic) bond motifs is 1. The Balaban J connectivity index is 1.50. The number of hydrazine groups is 1. The molecule has 0 radical (unpaired) electrons. The van der Waals surface area contributed by atoms with E-state index in [4.69, 9.17) is 0 Å². The summed E-state index contributed by atoms with van der Waals surface area (Å²) in [6, 6.07) is 20.2. The molecule has 0 aliphatic rings. The number of sulfonamides is 1. The lowest BCUT2D eigenvalue weighted by Crippen LogP contribution is -2.42. The van der Waals surface area contributed by atoms with Crippen molar-refractivity contribution in [3.05, 3.63) is 100 Å². The zero-order valence-electron chi connectivity index (χ0n) is 18.6. The Morgan fingerprint density at radius 1 is 0.857 bits per heavy atom. The van der Waals surface area contributed by atoms with Gasteiger partial charge in [0.25, 0.3) is 27.4 Å². The van der Waals surface area contributed by atoms with E-state index >= 15 is 0 Å². The number of nitrogens with one attached hydrogen (secondary N) is 3. The van der Waals surface area contributed by atoms with Crippen LogP contribution in [0.2, 0.25) is 0 Å². The van der Waals surface area contributed by atoms with E-state index < -0.39 is 21.8 Å². The SMILES string of the molecule is CCn1nc(C(=O)NNC(=O)c2cccc(NS(=O)(=O)c3ccccc3)c2)c2ccccc2c1=O. The molecule has 11 heteroatoms. The number of aryl methyl sites for hydroxylation is 1. The van der Waals surface area contributed by atoms with Crippen LogP contribution in [0.1, 0.15) is 27.8 Å². The Kier molecular flexibility index (Phi) is 6.60. The van der Waals surface area contributed by atoms with Gasteiger partial charge < -0.3 is 0 Å². The van der Waals surface area contributed by atoms with Crippen LogP contribution in [0.3, 0.4) is 0 Å². The van der Waals surface area contributed by atoms with Crippen molar-refractivity contribution in [3.63, 3.8) is 0 Å². The number of carbonyl (C=O) groups excluding carboxylic acids is 2. The van der Waals surface area contributed by atoms with Crippen molar-refractivity contribution < 1.29 is 18.0 Å². The summed E-state index contributed by atoms with van der Waals surface area (Å²) in [4.78, 5) is 38.0. The molecule has 3 N–H and O–H groups in total. The van der Waals surface area contributed by atoms with Gasteiger partial charge in [0, 0.05) is 23.2 Å². The lowest BCUT2D eigenvalue weighted by molar-refractivity contribution is 0.0843. The average Bonchev–Trinajstić information content (AvgIpc) is 2.88. The highest BCUT2D eigenvalue weighted by atomic mass is 32.2. The lowest BCUT2D eigenvalue weighted by Gasteiger charge is -2.12. The van der Waals surface area contributed by atoms with E-state index in [0.717, 1.165) is 0 Å². The molecular formula is C24H21N5O5S. The Morgan fingerprint density at radius 3 is 2.23 bits per heavy atom. The second-order valence-corrected chi connectivity index (χ2v) is 9.11. The molecule has 0 saturated heterocycles. The Hall–Kier alpha value is -4.51. The first-order valence-corrected chi connectivity index (χ1v) is 12.1. The maximum absolute atomic E-state index is 12.8. The van der Waals surface area contributed by atoms with Crippen molar-refractivity contribution in [3.8, 4) is 0 Å². The summed E-state index contributed by atoms with van der Waals surface area (Å²) in [5.41, 5.74) is 4.53. The summed E-state index contributed by atoms with van der Waals surface area (Å²) in [6.07, 6.45) is 0. The van der Waals surface area contributed by atoms with E-state index in [2.05, 4.69) is 20.7 Å². The van der Waals surface area contributed by atoms with Crippen LogP contribution in [0.4, 0.5) is 5.69 Å². The third kappa shape index (κ3) is 5.04. The minimum absolute atomic E-state index is 0.0216. The van der Waals surface area contributed by atoms with Crippen molar-refractivity contribution in [2.75, 3.05) is 4.72 Å². The lowest BCUT2D eigenvalue weighted by atomic mass is 10.1. The van der Waals surface area contributed by atoms with Gasteiger partial charge in [0.2, 0.25) is 0 Å². The van der Waals surface area contributed by atoms with Crippen molar-refractivity contribution in [1.29, 1.82) is 0 Å². The normalized spacial score (nSPS) is 11.1. The molecule has 1 heterocycles. The molecule has 0 spiro atoms. The van der Waals surface area contributed by atoms with E-state index in [9.17, 15) is 22.8 Å². The maximum atomic E-state index is 12.8. The molecule has 0 atom stereocenters. The highest BCUT2D eigenvalue weighted by molar-refractivity contribution is 7.92. The van der Waals surface area contributed by atoms with Crippen molar-refractivity contribution in [2.24, 2.45) is 0 Å². The number of nitrogens with zero attached hydrogens (tertiary/aromatic N) is 2. The Bertz CT molecular complexity index is 1580. The summed E-state index contributed by atoms with van der Waals surface area (Å²) in [5, 5.41) is 4.80. The second kappa shape index (κ2) is 9.77. The van der Waals surface area contributed by atoms with Gasteiger partial charge in [0.1, 0.15) is 0 Å². The van der Waals surface area contributed by atoms with Crippen LogP contribution in [-0.2, 0) is 16.6 Å². The highest BCUT2D eigenvalue weighted by Crippen LogP contribution is 2.17. The summed E-state index contributed by atoms with van der Waals surface area (Å²) < 4.78 is 28.7. The zero-order chi connectivity index (χ0) is 25.0. The minimum Gasteiger partial charge on any atom is -0.280 e. The van der Waals surface area contributed by atoms with Gasteiger partial charge in [-0.25, -0.2) is 13.1 Å². The third-order valence-electron chi connectivity index (χ3n) is 5.10. The Morgan fingerprint density at radius 2 is 1.51 bits per heavy atom. The van der Waals surface area contributed by atoms with E-state index in [1.165, 1.54) is 41.1 Å². The number of anilines is 1. The van der Waals surface area contributed by atoms with Gasteiger partial charge in [-0.2, -0.15) is 5.10 Å². The second-order valence-electron chi connectivity index (χ2n) is 7.42. The molecule has 4 rings (SSSR count). The molecule has 0 aliphatic carbocycles. The number of benzene rings is 3. The summed E-state index contributed by atoms with van der Waals surface area (Å²) >= 11 is 0. The van der Waals surface area contributed by atoms with Gasteiger partial charge in [0.05, 0.1) is 10.3 Å². The molecule has 0 saturated carbocycles. The molecule has 0 unspecified atom stereocenters. The monoisotopic (exact) mass is 491 g/mol. The number of carbonyl (C=O) groups is 2. The fourth-order valence-electron chi connectivity index (χ4n) is 3.40. The first kappa shape index (κ1) is 23.6. The number of aromatic nitrogens is 2. The van der Waals surface area contributed by atoms with Crippen molar-refractivity contribution in [1.82, 2.24) is 20.6 Å². The van der Waals surface area contributed by atoms with Crippen LogP contribution in [0.25, 0.3) is 10.8 Å². The van der Waals surface area contributed by atoms with Crippen LogP contribution in [0.5, 0.6) is 0 Å². The van der Waals surface area contributed by atoms with Gasteiger partial charge >= 0.3 is 0 Å². The van der Waals surface area contributed by atoms with Gasteiger partial charge in [-0.1, -0.05) is 42.5 Å². The molecule has 4 aromatic rings. The first-order chi connectivity index (χ1) is 16.8. The van der Waals surface area contributed by atoms with Gasteiger partial charge in [-0.15, -0.1) is 0 Å². The number of hydrogen-bond donors (Lipinski definition) is 3. The van der Waals surface area contributed by atoms with Gasteiger partial charge in [-0.3, -0.25) is 30.0 Å². The summed E-state index contributed by atoms with van der Waals surface area (Å²) in [6.45, 7) is 1.99. The maximum Gasteiger partial charge on any atom is 0.290 e. The molecule has 2 amide bonds. The molecule has 1 aromatic heterocycles. The van der Waals surface area contributed by atoms with Gasteiger partial charge in [0.15, 0.2) is 5.69 Å². The van der Waals surface area contributed by atoms with Crippen LogP contribution < -0.4 is 21.1 Å². The van der Waals surface area contributed by atoms with Crippen LogP contribution in [0, 0.1) is 0 Å². The van der Waals surface area contributed by atoms with E-state index in [-0.39, 0.29) is 33.9 Å². The Labute approximate surface area is 200 Å². The third-order valence-corrected chi connectivity index (χ3v) is 6.50. The fourth-order valence-corrected chi connectivity index (χ4v) is 4.47. The molecular weight excluding hydrogens is 470 g/mol. The smallest absolute Gasteiger partial charge is 0.280 e. The van der Waals surface area contributed by atoms with E-state index in [1.807, 2.05) is 0 Å². The zero-order valence-corrected chi connectivity index (χ0v) is 19.4. The van der Waals surface area contributed by atoms with Crippen LogP contribution >= 0.6 is 0 Å². The van der Waals surface area contributed by atoms with Gasteiger partial charge in [-0.05, 0) is 43.3 Å². The van der Waals surface area contributed by atoms with E-state index in [1.54, 1.807) is 49.4 Å². The molecule has 10 nitrogen and oxygen atoms in total. The molecule has 0 bridgehead atoms. The summed E-state index contributed by atoms with van der Waals surface area (Å²) in [7, 11) is -3.84. The quantitative estimate of drug-likeness (QED) is 0.354. The molecule has 35 heavy (non-hydrogen) atoms. The minimum atomic E-state index is -3.84. The molecule has 0 aliphatic heterocycles. The van der Waals surface area contributed by atoms with Crippen molar-refractivity contribution in [2.45, 2.75) is 18.4 Å². The standard InChI is InChI=1S/C24H21N5O5S/c1-2-29-24(32)20-14-7-6-13-19(20)21(27-29)23(31)26-25-22(30)16-9-8-10-17(15-16)28-35(33,34)18-11-4-3-5-12-18/h3-15,28H,2H2,1H3,(H,25,30)(H,26,31). The van der Waals surface area contributed by atoms with Crippen molar-refractivity contribution >= 4 is 38.3 Å². The topological polar surface area (TPSA) is 139 Å². The predicted octanol–water partition coefficient (Wildman–Crippen LogP) is 2.29. The molecule has 3 aromatic carbocycles. The van der Waals surface area contributed by atoms with Crippen LogP contribution in [-0.4, -0.2) is 30.0 Å². The fraction of sp³-hybridized carbons (Fsp3) is 0.0833. The summed E-state index contributed by atoms with van der Waals surface area (Å²) in [5.74, 6) is -1.38. The highest BCUT2D eigenvalue weighted by Gasteiger charge is 2.18. The largest absolute Gasteiger partial charge is 0.290 e. The molecule has 178 valence electrons. The number of amides is 2.